The second-order valence-corrected chi connectivity index (χ2v) is 4.68. The van der Waals surface area contributed by atoms with Gasteiger partial charge in [-0.2, -0.15) is 13.2 Å². The van der Waals surface area contributed by atoms with Crippen LogP contribution in [0.3, 0.4) is 0 Å². The van der Waals surface area contributed by atoms with Crippen molar-refractivity contribution in [1.82, 2.24) is 0 Å². The number of benzene rings is 1. The van der Waals surface area contributed by atoms with Crippen molar-refractivity contribution in [3.8, 4) is 5.75 Å². The van der Waals surface area contributed by atoms with Crippen molar-refractivity contribution in [1.29, 1.82) is 0 Å². The lowest BCUT2D eigenvalue weighted by molar-refractivity contribution is -0.136. The molecule has 0 amide bonds. The zero-order valence-electron chi connectivity index (χ0n) is 9.68. The van der Waals surface area contributed by atoms with E-state index in [4.69, 9.17) is 4.74 Å². The zero-order chi connectivity index (χ0) is 13.8. The van der Waals surface area contributed by atoms with E-state index in [2.05, 4.69) is 15.9 Å². The maximum Gasteiger partial charge on any atom is 0.389 e. The molecule has 0 aromatic heterocycles. The molecule has 0 N–H and O–H groups in total. The first-order valence-corrected chi connectivity index (χ1v) is 6.09. The monoisotopic (exact) mass is 324 g/mol. The summed E-state index contributed by atoms with van der Waals surface area (Å²) < 4.78 is 41.7. The molecule has 0 aliphatic rings. The summed E-state index contributed by atoms with van der Waals surface area (Å²) in [5.74, 6) is 0.120. The van der Waals surface area contributed by atoms with Crippen LogP contribution < -0.4 is 4.74 Å². The molecule has 0 saturated heterocycles. The standard InChI is InChI=1S/C12H12BrF3O2/c1-8(17)10-7-9(13)3-4-11(10)18-6-2-5-12(14,15)16/h3-4,7H,2,5-6H2,1H3. The van der Waals surface area contributed by atoms with Gasteiger partial charge < -0.3 is 4.74 Å². The van der Waals surface area contributed by atoms with Gasteiger partial charge in [-0.25, -0.2) is 0 Å². The summed E-state index contributed by atoms with van der Waals surface area (Å²) in [4.78, 5) is 11.3. The molecule has 1 aromatic carbocycles. The fraction of sp³-hybridized carbons (Fsp3) is 0.417. The molecule has 0 radical (unpaired) electrons. The number of Topliss-reactive ketones (excluding diaryl/α,β-unsaturated/α-hetero) is 1. The molecule has 0 atom stereocenters. The number of hydrogen-bond acceptors (Lipinski definition) is 2. The van der Waals surface area contributed by atoms with Gasteiger partial charge in [-0.3, -0.25) is 4.79 Å². The number of carbonyl (C=O) groups excluding carboxylic acids is 1. The summed E-state index contributed by atoms with van der Waals surface area (Å²) in [6, 6.07) is 4.82. The van der Waals surface area contributed by atoms with Gasteiger partial charge in [0, 0.05) is 10.9 Å². The predicted molar refractivity (Wildman–Crippen MR) is 64.9 cm³/mol. The molecule has 0 aliphatic heterocycles. The van der Waals surface area contributed by atoms with E-state index in [-0.39, 0.29) is 18.8 Å². The fourth-order valence-electron chi connectivity index (χ4n) is 1.36. The van der Waals surface area contributed by atoms with Crippen LogP contribution in [0.4, 0.5) is 13.2 Å². The summed E-state index contributed by atoms with van der Waals surface area (Å²) in [6.07, 6.45) is -5.19. The number of rotatable bonds is 5. The Labute approximate surface area is 111 Å². The number of alkyl halides is 3. The van der Waals surface area contributed by atoms with Gasteiger partial charge in [0.15, 0.2) is 5.78 Å². The van der Waals surface area contributed by atoms with Crippen molar-refractivity contribution in [2.75, 3.05) is 6.61 Å². The molecule has 0 bridgehead atoms. The normalized spacial score (nSPS) is 11.4. The van der Waals surface area contributed by atoms with Crippen molar-refractivity contribution >= 4 is 21.7 Å². The van der Waals surface area contributed by atoms with Crippen molar-refractivity contribution in [2.45, 2.75) is 25.9 Å². The maximum atomic E-state index is 11.9. The van der Waals surface area contributed by atoms with Gasteiger partial charge >= 0.3 is 6.18 Å². The summed E-state index contributed by atoms with van der Waals surface area (Å²) in [5, 5.41) is 0. The molecule has 0 aliphatic carbocycles. The highest BCUT2D eigenvalue weighted by Crippen LogP contribution is 2.25. The Hall–Kier alpha value is -1.04. The van der Waals surface area contributed by atoms with Gasteiger partial charge in [0.2, 0.25) is 0 Å². The van der Waals surface area contributed by atoms with Gasteiger partial charge in [-0.1, -0.05) is 15.9 Å². The second kappa shape index (κ2) is 6.22. The third kappa shape index (κ3) is 5.08. The minimum absolute atomic E-state index is 0.0680. The first-order chi connectivity index (χ1) is 8.29. The Morgan fingerprint density at radius 2 is 2.06 bits per heavy atom. The van der Waals surface area contributed by atoms with Gasteiger partial charge in [0.25, 0.3) is 0 Å². The molecule has 18 heavy (non-hydrogen) atoms. The Morgan fingerprint density at radius 3 is 2.61 bits per heavy atom. The van der Waals surface area contributed by atoms with Crippen LogP contribution in [-0.2, 0) is 0 Å². The highest BCUT2D eigenvalue weighted by molar-refractivity contribution is 9.10. The lowest BCUT2D eigenvalue weighted by Crippen LogP contribution is -2.10. The van der Waals surface area contributed by atoms with Crippen molar-refractivity contribution < 1.29 is 22.7 Å². The van der Waals surface area contributed by atoms with Crippen LogP contribution in [0.1, 0.15) is 30.1 Å². The van der Waals surface area contributed by atoms with Crippen molar-refractivity contribution in [3.05, 3.63) is 28.2 Å². The van der Waals surface area contributed by atoms with E-state index in [1.54, 1.807) is 18.2 Å². The van der Waals surface area contributed by atoms with E-state index < -0.39 is 12.6 Å². The SMILES string of the molecule is CC(=O)c1cc(Br)ccc1OCCCC(F)(F)F. The first kappa shape index (κ1) is 15.0. The van der Waals surface area contributed by atoms with Crippen LogP contribution in [0.5, 0.6) is 5.75 Å². The van der Waals surface area contributed by atoms with E-state index >= 15 is 0 Å². The number of hydrogen-bond donors (Lipinski definition) is 0. The molecular formula is C12H12BrF3O2. The predicted octanol–water partition coefficient (Wildman–Crippen LogP) is 4.37. The van der Waals surface area contributed by atoms with Crippen LogP contribution in [0.2, 0.25) is 0 Å². The van der Waals surface area contributed by atoms with Gasteiger partial charge in [-0.05, 0) is 31.5 Å². The zero-order valence-corrected chi connectivity index (χ0v) is 11.3. The molecule has 0 heterocycles. The minimum Gasteiger partial charge on any atom is -0.493 e. The maximum absolute atomic E-state index is 11.9. The highest BCUT2D eigenvalue weighted by Gasteiger charge is 2.26. The molecule has 1 rings (SSSR count). The summed E-state index contributed by atoms with van der Waals surface area (Å²) in [6.45, 7) is 1.31. The highest BCUT2D eigenvalue weighted by atomic mass is 79.9. The van der Waals surface area contributed by atoms with Crippen LogP contribution >= 0.6 is 15.9 Å². The Bertz CT molecular complexity index is 430. The topological polar surface area (TPSA) is 26.3 Å². The molecule has 1 aromatic rings. The van der Waals surface area contributed by atoms with Gasteiger partial charge in [-0.15, -0.1) is 0 Å². The van der Waals surface area contributed by atoms with Crippen LogP contribution in [-0.4, -0.2) is 18.6 Å². The Kier molecular flexibility index (Phi) is 5.19. The molecule has 6 heteroatoms. The van der Waals surface area contributed by atoms with Crippen molar-refractivity contribution in [3.63, 3.8) is 0 Å². The first-order valence-electron chi connectivity index (χ1n) is 5.29. The van der Waals surface area contributed by atoms with Crippen LogP contribution in [0.15, 0.2) is 22.7 Å². The summed E-state index contributed by atoms with van der Waals surface area (Å²) in [7, 11) is 0. The average Bonchev–Trinajstić information content (AvgIpc) is 2.24. The smallest absolute Gasteiger partial charge is 0.389 e. The van der Waals surface area contributed by atoms with E-state index in [1.165, 1.54) is 6.92 Å². The number of ketones is 1. The van der Waals surface area contributed by atoms with E-state index in [9.17, 15) is 18.0 Å². The average molecular weight is 325 g/mol. The van der Waals surface area contributed by atoms with Crippen molar-refractivity contribution in [2.24, 2.45) is 0 Å². The number of halogens is 4. The minimum atomic E-state index is -4.17. The fourth-order valence-corrected chi connectivity index (χ4v) is 1.72. The Morgan fingerprint density at radius 1 is 1.39 bits per heavy atom. The quantitative estimate of drug-likeness (QED) is 0.593. The van der Waals surface area contributed by atoms with Gasteiger partial charge in [0.1, 0.15) is 5.75 Å². The largest absolute Gasteiger partial charge is 0.493 e. The van der Waals surface area contributed by atoms with E-state index in [1.807, 2.05) is 0 Å². The molecule has 0 saturated carbocycles. The van der Waals surface area contributed by atoms with E-state index in [0.29, 0.717) is 11.3 Å². The van der Waals surface area contributed by atoms with E-state index in [0.717, 1.165) is 4.47 Å². The summed E-state index contributed by atoms with van der Waals surface area (Å²) >= 11 is 3.22. The molecule has 0 fully saturated rings. The lowest BCUT2D eigenvalue weighted by Gasteiger charge is -2.11. The molecule has 0 unspecified atom stereocenters. The van der Waals surface area contributed by atoms with Gasteiger partial charge in [0.05, 0.1) is 12.2 Å². The Balaban J connectivity index is 2.59. The summed E-state index contributed by atoms with van der Waals surface area (Å²) in [5.41, 5.74) is 0.358. The molecular weight excluding hydrogens is 313 g/mol. The lowest BCUT2D eigenvalue weighted by atomic mass is 10.1. The van der Waals surface area contributed by atoms with Crippen LogP contribution in [0.25, 0.3) is 0 Å². The third-order valence-electron chi connectivity index (χ3n) is 2.18. The molecule has 100 valence electrons. The third-order valence-corrected chi connectivity index (χ3v) is 2.68. The van der Waals surface area contributed by atoms with Crippen LogP contribution in [0, 0.1) is 0 Å². The second-order valence-electron chi connectivity index (χ2n) is 3.76. The molecule has 2 nitrogen and oxygen atoms in total. The number of carbonyl (C=O) groups is 1. The number of ether oxygens (including phenoxy) is 1. The molecule has 0 spiro atoms.